The fourth-order valence-corrected chi connectivity index (χ4v) is 1.90. The zero-order valence-electron chi connectivity index (χ0n) is 10.4. The fraction of sp³-hybridized carbons (Fsp3) is 0.308. The molecule has 0 unspecified atom stereocenters. The number of halogens is 1. The Bertz CT molecular complexity index is 542. The first-order chi connectivity index (χ1) is 8.72. The molecule has 0 radical (unpaired) electrons. The van der Waals surface area contributed by atoms with Crippen LogP contribution in [-0.2, 0) is 0 Å². The summed E-state index contributed by atoms with van der Waals surface area (Å²) in [5.41, 5.74) is 1.89. The molecule has 0 aliphatic carbocycles. The number of hydrogen-bond donors (Lipinski definition) is 1. The van der Waals surface area contributed by atoms with Gasteiger partial charge in [0, 0.05) is 18.9 Å². The Kier molecular flexibility index (Phi) is 4.25. The maximum absolute atomic E-state index is 4.51. The third-order valence-corrected chi connectivity index (χ3v) is 3.09. The number of rotatable bonds is 4. The molecular weight excluding hydrogens is 292 g/mol. The van der Waals surface area contributed by atoms with Crippen molar-refractivity contribution in [1.82, 2.24) is 15.0 Å². The van der Waals surface area contributed by atoms with Crippen LogP contribution in [0, 0.1) is 6.92 Å². The Hall–Kier alpha value is -1.49. The average Bonchev–Trinajstić information content (AvgIpc) is 2.39. The molecule has 0 spiro atoms. The van der Waals surface area contributed by atoms with Gasteiger partial charge < -0.3 is 5.32 Å². The lowest BCUT2D eigenvalue weighted by Crippen LogP contribution is -2.05. The summed E-state index contributed by atoms with van der Waals surface area (Å²) in [5, 5.41) is 3.27. The van der Waals surface area contributed by atoms with Gasteiger partial charge >= 0.3 is 0 Å². The minimum atomic E-state index is 0.648. The van der Waals surface area contributed by atoms with E-state index in [9.17, 15) is 0 Å². The van der Waals surface area contributed by atoms with Crippen LogP contribution in [0.15, 0.2) is 29.0 Å². The lowest BCUT2D eigenvalue weighted by Gasteiger charge is -2.08. The summed E-state index contributed by atoms with van der Waals surface area (Å²) in [4.78, 5) is 13.2. The predicted octanol–water partition coefficient (Wildman–Crippen LogP) is 3.43. The fourth-order valence-electron chi connectivity index (χ4n) is 1.57. The van der Waals surface area contributed by atoms with Crippen molar-refractivity contribution in [2.24, 2.45) is 0 Å². The van der Waals surface area contributed by atoms with E-state index >= 15 is 0 Å². The van der Waals surface area contributed by atoms with Crippen molar-refractivity contribution < 1.29 is 0 Å². The first-order valence-corrected chi connectivity index (χ1v) is 6.70. The lowest BCUT2D eigenvalue weighted by atomic mass is 10.2. The van der Waals surface area contributed by atoms with Gasteiger partial charge in [0.15, 0.2) is 5.82 Å². The Morgan fingerprint density at radius 3 is 2.89 bits per heavy atom. The Morgan fingerprint density at radius 1 is 1.33 bits per heavy atom. The van der Waals surface area contributed by atoms with Gasteiger partial charge in [-0.15, -0.1) is 0 Å². The highest BCUT2D eigenvalue weighted by Crippen LogP contribution is 2.23. The van der Waals surface area contributed by atoms with Crippen LogP contribution in [-0.4, -0.2) is 21.5 Å². The lowest BCUT2D eigenvalue weighted by molar-refractivity contribution is 0.962. The third kappa shape index (κ3) is 2.85. The molecule has 2 rings (SSSR count). The predicted molar refractivity (Wildman–Crippen MR) is 76.5 cm³/mol. The van der Waals surface area contributed by atoms with E-state index in [1.807, 2.05) is 19.1 Å². The van der Waals surface area contributed by atoms with Crippen molar-refractivity contribution in [2.75, 3.05) is 11.9 Å². The summed E-state index contributed by atoms with van der Waals surface area (Å²) in [6, 6.07) is 3.92. The molecule has 0 bridgehead atoms. The van der Waals surface area contributed by atoms with Crippen molar-refractivity contribution in [3.8, 4) is 11.5 Å². The molecule has 2 heterocycles. The van der Waals surface area contributed by atoms with Crippen molar-refractivity contribution >= 4 is 21.7 Å². The summed E-state index contributed by atoms with van der Waals surface area (Å²) in [7, 11) is 0. The van der Waals surface area contributed by atoms with Crippen molar-refractivity contribution in [1.29, 1.82) is 0 Å². The molecule has 0 atom stereocenters. The Labute approximate surface area is 115 Å². The highest BCUT2D eigenvalue weighted by Gasteiger charge is 2.09. The van der Waals surface area contributed by atoms with Crippen LogP contribution in [0.25, 0.3) is 11.5 Å². The molecule has 0 aliphatic rings. The van der Waals surface area contributed by atoms with Crippen molar-refractivity contribution in [3.63, 3.8) is 0 Å². The standard InChI is InChI=1S/C13H15BrN4/c1-3-6-16-12-10(14)8-17-13(18-12)11-9(2)5-4-7-15-11/h4-5,7-8H,3,6H2,1-2H3,(H,16,17,18). The van der Waals surface area contributed by atoms with Gasteiger partial charge in [-0.2, -0.15) is 0 Å². The van der Waals surface area contributed by atoms with Crippen LogP contribution in [0.4, 0.5) is 5.82 Å². The van der Waals surface area contributed by atoms with Gasteiger partial charge in [0.25, 0.3) is 0 Å². The van der Waals surface area contributed by atoms with Gasteiger partial charge in [-0.05, 0) is 40.9 Å². The van der Waals surface area contributed by atoms with E-state index in [4.69, 9.17) is 0 Å². The topological polar surface area (TPSA) is 50.7 Å². The largest absolute Gasteiger partial charge is 0.369 e. The molecule has 2 aromatic heterocycles. The number of hydrogen-bond acceptors (Lipinski definition) is 4. The van der Waals surface area contributed by atoms with Crippen LogP contribution >= 0.6 is 15.9 Å². The maximum Gasteiger partial charge on any atom is 0.180 e. The normalized spacial score (nSPS) is 10.4. The SMILES string of the molecule is CCCNc1nc(-c2ncccc2C)ncc1Br. The number of anilines is 1. The van der Waals surface area contributed by atoms with Gasteiger partial charge in [-0.3, -0.25) is 4.98 Å². The number of aromatic nitrogens is 3. The monoisotopic (exact) mass is 306 g/mol. The molecule has 0 aromatic carbocycles. The zero-order valence-corrected chi connectivity index (χ0v) is 12.0. The van der Waals surface area contributed by atoms with E-state index in [1.54, 1.807) is 12.4 Å². The molecule has 5 heteroatoms. The minimum absolute atomic E-state index is 0.648. The summed E-state index contributed by atoms with van der Waals surface area (Å²) < 4.78 is 0.869. The molecule has 0 saturated heterocycles. The highest BCUT2D eigenvalue weighted by molar-refractivity contribution is 9.10. The van der Waals surface area contributed by atoms with Gasteiger partial charge in [-0.25, -0.2) is 9.97 Å². The van der Waals surface area contributed by atoms with E-state index < -0.39 is 0 Å². The van der Waals surface area contributed by atoms with E-state index in [0.29, 0.717) is 5.82 Å². The minimum Gasteiger partial charge on any atom is -0.369 e. The van der Waals surface area contributed by atoms with Crippen molar-refractivity contribution in [3.05, 3.63) is 34.6 Å². The second kappa shape index (κ2) is 5.91. The molecule has 2 aromatic rings. The van der Waals surface area contributed by atoms with Crippen LogP contribution in [0.3, 0.4) is 0 Å². The molecule has 0 amide bonds. The smallest absolute Gasteiger partial charge is 0.180 e. The number of aryl methyl sites for hydroxylation is 1. The number of nitrogens with zero attached hydrogens (tertiary/aromatic N) is 3. The summed E-state index contributed by atoms with van der Waals surface area (Å²) in [6.45, 7) is 5.01. The summed E-state index contributed by atoms with van der Waals surface area (Å²) >= 11 is 3.44. The van der Waals surface area contributed by atoms with Gasteiger partial charge in [-0.1, -0.05) is 13.0 Å². The zero-order chi connectivity index (χ0) is 13.0. The van der Waals surface area contributed by atoms with Crippen LogP contribution in [0.1, 0.15) is 18.9 Å². The maximum atomic E-state index is 4.51. The van der Waals surface area contributed by atoms with E-state index in [0.717, 1.165) is 34.5 Å². The highest BCUT2D eigenvalue weighted by atomic mass is 79.9. The van der Waals surface area contributed by atoms with E-state index in [1.165, 1.54) is 0 Å². The summed E-state index contributed by atoms with van der Waals surface area (Å²) in [5.74, 6) is 1.46. The van der Waals surface area contributed by atoms with Crippen LogP contribution < -0.4 is 5.32 Å². The molecule has 1 N–H and O–H groups in total. The molecule has 4 nitrogen and oxygen atoms in total. The first kappa shape index (κ1) is 13.0. The van der Waals surface area contributed by atoms with E-state index in [2.05, 4.69) is 43.1 Å². The first-order valence-electron chi connectivity index (χ1n) is 5.90. The van der Waals surface area contributed by atoms with Gasteiger partial charge in [0.1, 0.15) is 11.5 Å². The molecular formula is C13H15BrN4. The molecule has 0 saturated carbocycles. The number of pyridine rings is 1. The van der Waals surface area contributed by atoms with Crippen LogP contribution in [0.5, 0.6) is 0 Å². The second-order valence-corrected chi connectivity index (χ2v) is 4.84. The molecule has 0 aliphatic heterocycles. The Balaban J connectivity index is 2.38. The molecule has 94 valence electrons. The number of nitrogens with one attached hydrogen (secondary N) is 1. The summed E-state index contributed by atoms with van der Waals surface area (Å²) in [6.07, 6.45) is 4.57. The van der Waals surface area contributed by atoms with Gasteiger partial charge in [0.05, 0.1) is 4.47 Å². The average molecular weight is 307 g/mol. The van der Waals surface area contributed by atoms with Gasteiger partial charge in [0.2, 0.25) is 0 Å². The molecule has 0 fully saturated rings. The molecule has 18 heavy (non-hydrogen) atoms. The quantitative estimate of drug-likeness (QED) is 0.940. The third-order valence-electron chi connectivity index (χ3n) is 2.51. The second-order valence-electron chi connectivity index (χ2n) is 3.99. The van der Waals surface area contributed by atoms with Crippen molar-refractivity contribution in [2.45, 2.75) is 20.3 Å². The van der Waals surface area contributed by atoms with Crippen LogP contribution in [0.2, 0.25) is 0 Å². The Morgan fingerprint density at radius 2 is 2.17 bits per heavy atom. The van der Waals surface area contributed by atoms with E-state index in [-0.39, 0.29) is 0 Å².